The summed E-state index contributed by atoms with van der Waals surface area (Å²) in [4.78, 5) is 20.9. The van der Waals surface area contributed by atoms with Gasteiger partial charge in [-0.25, -0.2) is 9.97 Å². The standard InChI is InChI=1S/C17H19N3O2/c1-3-22-15-7-5-4-6-12(15)11-8-13-16(14(21)9-11)10(2)19-17(18)20-13/h4-7,11H,3,8-9H2,1-2H3,(H2,18,19,20). The molecule has 2 aromatic rings. The maximum Gasteiger partial charge on any atom is 0.220 e. The van der Waals surface area contributed by atoms with Crippen molar-refractivity contribution in [1.29, 1.82) is 0 Å². The van der Waals surface area contributed by atoms with Gasteiger partial charge in [-0.3, -0.25) is 4.79 Å². The summed E-state index contributed by atoms with van der Waals surface area (Å²) >= 11 is 0. The number of para-hydroxylation sites is 1. The number of ether oxygens (including phenoxy) is 1. The molecule has 5 nitrogen and oxygen atoms in total. The van der Waals surface area contributed by atoms with Crippen LogP contribution in [0.3, 0.4) is 0 Å². The Hall–Kier alpha value is -2.43. The lowest BCUT2D eigenvalue weighted by Gasteiger charge is -2.25. The Kier molecular flexibility index (Phi) is 3.79. The lowest BCUT2D eigenvalue weighted by Crippen LogP contribution is -2.23. The lowest BCUT2D eigenvalue weighted by molar-refractivity contribution is 0.0961. The van der Waals surface area contributed by atoms with Crippen molar-refractivity contribution < 1.29 is 9.53 Å². The van der Waals surface area contributed by atoms with Gasteiger partial charge in [0.2, 0.25) is 5.95 Å². The van der Waals surface area contributed by atoms with E-state index in [-0.39, 0.29) is 17.6 Å². The van der Waals surface area contributed by atoms with Gasteiger partial charge in [0.1, 0.15) is 5.75 Å². The van der Waals surface area contributed by atoms with Gasteiger partial charge in [-0.15, -0.1) is 0 Å². The topological polar surface area (TPSA) is 78.1 Å². The van der Waals surface area contributed by atoms with Gasteiger partial charge >= 0.3 is 0 Å². The molecule has 5 heteroatoms. The predicted molar refractivity (Wildman–Crippen MR) is 84.2 cm³/mol. The Balaban J connectivity index is 2.01. The number of hydrogen-bond donors (Lipinski definition) is 1. The predicted octanol–water partition coefficient (Wildman–Crippen LogP) is 2.68. The van der Waals surface area contributed by atoms with Gasteiger partial charge in [0, 0.05) is 12.3 Å². The fourth-order valence-corrected chi connectivity index (χ4v) is 3.12. The Morgan fingerprint density at radius 1 is 1.27 bits per heavy atom. The molecule has 114 valence electrons. The minimum absolute atomic E-state index is 0.0662. The van der Waals surface area contributed by atoms with Crippen molar-refractivity contribution >= 4 is 11.7 Å². The number of benzene rings is 1. The van der Waals surface area contributed by atoms with E-state index >= 15 is 0 Å². The van der Waals surface area contributed by atoms with Gasteiger partial charge in [-0.1, -0.05) is 18.2 Å². The molecule has 2 N–H and O–H groups in total. The normalized spacial score (nSPS) is 17.2. The number of fused-ring (bicyclic) bond motifs is 1. The molecule has 0 saturated carbocycles. The van der Waals surface area contributed by atoms with E-state index in [9.17, 15) is 4.79 Å². The average molecular weight is 297 g/mol. The molecule has 0 aliphatic heterocycles. The highest BCUT2D eigenvalue weighted by Gasteiger charge is 2.31. The molecule has 22 heavy (non-hydrogen) atoms. The van der Waals surface area contributed by atoms with Crippen LogP contribution in [0.25, 0.3) is 0 Å². The van der Waals surface area contributed by atoms with Gasteiger partial charge in [0.15, 0.2) is 5.78 Å². The van der Waals surface area contributed by atoms with Crippen LogP contribution in [0.15, 0.2) is 24.3 Å². The van der Waals surface area contributed by atoms with Crippen LogP contribution < -0.4 is 10.5 Å². The number of nitrogen functional groups attached to an aromatic ring is 1. The summed E-state index contributed by atoms with van der Waals surface area (Å²) in [7, 11) is 0. The van der Waals surface area contributed by atoms with Gasteiger partial charge in [0.25, 0.3) is 0 Å². The Labute approximate surface area is 129 Å². The number of hydrogen-bond acceptors (Lipinski definition) is 5. The average Bonchev–Trinajstić information content (AvgIpc) is 2.46. The molecule has 1 aromatic heterocycles. The summed E-state index contributed by atoms with van der Waals surface area (Å²) in [5.41, 5.74) is 8.84. The molecule has 0 radical (unpaired) electrons. The smallest absolute Gasteiger partial charge is 0.220 e. The van der Waals surface area contributed by atoms with Crippen LogP contribution in [0, 0.1) is 6.92 Å². The number of aryl methyl sites for hydroxylation is 1. The minimum Gasteiger partial charge on any atom is -0.494 e. The Morgan fingerprint density at radius 3 is 2.82 bits per heavy atom. The van der Waals surface area contributed by atoms with Crippen LogP contribution in [-0.4, -0.2) is 22.4 Å². The van der Waals surface area contributed by atoms with E-state index in [1.165, 1.54) is 0 Å². The van der Waals surface area contributed by atoms with Crippen molar-refractivity contribution in [2.75, 3.05) is 12.3 Å². The van der Waals surface area contributed by atoms with Crippen molar-refractivity contribution in [3.05, 3.63) is 46.8 Å². The van der Waals surface area contributed by atoms with Gasteiger partial charge < -0.3 is 10.5 Å². The van der Waals surface area contributed by atoms with E-state index in [1.54, 1.807) is 0 Å². The van der Waals surface area contributed by atoms with E-state index < -0.39 is 0 Å². The van der Waals surface area contributed by atoms with Crippen LogP contribution in [0.2, 0.25) is 0 Å². The summed E-state index contributed by atoms with van der Waals surface area (Å²) in [6.07, 6.45) is 1.13. The maximum absolute atomic E-state index is 12.5. The van der Waals surface area contributed by atoms with E-state index in [0.717, 1.165) is 17.0 Å². The molecule has 0 amide bonds. The van der Waals surface area contributed by atoms with Crippen molar-refractivity contribution in [3.63, 3.8) is 0 Å². The van der Waals surface area contributed by atoms with Crippen LogP contribution in [0.1, 0.15) is 46.6 Å². The molecule has 0 fully saturated rings. The van der Waals surface area contributed by atoms with Crippen LogP contribution >= 0.6 is 0 Å². The van der Waals surface area contributed by atoms with Crippen LogP contribution in [-0.2, 0) is 6.42 Å². The fourth-order valence-electron chi connectivity index (χ4n) is 3.12. The molecule has 0 spiro atoms. The number of anilines is 1. The molecule has 1 unspecified atom stereocenters. The van der Waals surface area contributed by atoms with Gasteiger partial charge in [0.05, 0.1) is 23.6 Å². The zero-order valence-corrected chi connectivity index (χ0v) is 12.8. The largest absolute Gasteiger partial charge is 0.494 e. The van der Waals surface area contributed by atoms with Gasteiger partial charge in [-0.05, 0) is 31.9 Å². The lowest BCUT2D eigenvalue weighted by atomic mass is 9.81. The maximum atomic E-state index is 12.5. The van der Waals surface area contributed by atoms with Crippen LogP contribution in [0.5, 0.6) is 5.75 Å². The number of ketones is 1. The summed E-state index contributed by atoms with van der Waals surface area (Å²) < 4.78 is 5.69. The molecule has 1 heterocycles. The van der Waals surface area contributed by atoms with Crippen LogP contribution in [0.4, 0.5) is 5.95 Å². The minimum atomic E-state index is 0.0662. The quantitative estimate of drug-likeness (QED) is 0.942. The first-order valence-corrected chi connectivity index (χ1v) is 7.48. The second kappa shape index (κ2) is 5.75. The second-order valence-corrected chi connectivity index (χ2v) is 5.49. The Morgan fingerprint density at radius 2 is 2.05 bits per heavy atom. The number of Topliss-reactive ketones (excluding diaryl/α,β-unsaturated/α-hetero) is 1. The summed E-state index contributed by atoms with van der Waals surface area (Å²) in [6, 6.07) is 7.87. The first kappa shape index (κ1) is 14.5. The molecule has 1 atom stereocenters. The van der Waals surface area contributed by atoms with E-state index in [4.69, 9.17) is 10.5 Å². The third-order valence-corrected chi connectivity index (χ3v) is 3.99. The van der Waals surface area contributed by atoms with E-state index in [2.05, 4.69) is 9.97 Å². The highest BCUT2D eigenvalue weighted by molar-refractivity contribution is 5.99. The number of rotatable bonds is 3. The molecular weight excluding hydrogens is 278 g/mol. The Bertz CT molecular complexity index is 728. The summed E-state index contributed by atoms with van der Waals surface area (Å²) in [6.45, 7) is 4.36. The highest BCUT2D eigenvalue weighted by Crippen LogP contribution is 2.37. The first-order valence-electron chi connectivity index (χ1n) is 7.48. The zero-order valence-electron chi connectivity index (χ0n) is 12.8. The molecule has 1 aliphatic carbocycles. The molecule has 0 bridgehead atoms. The third-order valence-electron chi connectivity index (χ3n) is 3.99. The van der Waals surface area contributed by atoms with Crippen molar-refractivity contribution in [2.24, 2.45) is 0 Å². The SMILES string of the molecule is CCOc1ccccc1C1CC(=O)c2c(C)nc(N)nc2C1. The number of carbonyl (C=O) groups is 1. The number of nitrogens with zero attached hydrogens (tertiary/aromatic N) is 2. The second-order valence-electron chi connectivity index (χ2n) is 5.49. The first-order chi connectivity index (χ1) is 10.6. The molecule has 0 saturated heterocycles. The van der Waals surface area contributed by atoms with Crippen molar-refractivity contribution in [1.82, 2.24) is 9.97 Å². The van der Waals surface area contributed by atoms with Gasteiger partial charge in [-0.2, -0.15) is 0 Å². The molecule has 3 rings (SSSR count). The summed E-state index contributed by atoms with van der Waals surface area (Å²) in [5.74, 6) is 1.21. The highest BCUT2D eigenvalue weighted by atomic mass is 16.5. The number of nitrogens with two attached hydrogens (primary N) is 1. The van der Waals surface area contributed by atoms with Crippen molar-refractivity contribution in [3.8, 4) is 5.75 Å². The molecule has 1 aromatic carbocycles. The van der Waals surface area contributed by atoms with E-state index in [0.29, 0.717) is 30.7 Å². The monoisotopic (exact) mass is 297 g/mol. The molecular formula is C17H19N3O2. The number of carbonyl (C=O) groups excluding carboxylic acids is 1. The summed E-state index contributed by atoms with van der Waals surface area (Å²) in [5, 5.41) is 0. The number of aromatic nitrogens is 2. The fraction of sp³-hybridized carbons (Fsp3) is 0.353. The third kappa shape index (κ3) is 2.54. The molecule has 1 aliphatic rings. The zero-order chi connectivity index (χ0) is 15.7. The van der Waals surface area contributed by atoms with E-state index in [1.807, 2.05) is 38.1 Å². The van der Waals surface area contributed by atoms with Crippen molar-refractivity contribution in [2.45, 2.75) is 32.6 Å².